The number of rotatable bonds is 3. The van der Waals surface area contributed by atoms with Crippen LogP contribution in [0.15, 0.2) is 18.2 Å². The standard InChI is InChI=1S/C14H20N2O3/c1-9-5-10(2)7-11(6-9)15-13-4-3-12(17)8-14(13)16(18)19/h3-4,8-11,15,17H,5-7H2,1-2H3. The van der Waals surface area contributed by atoms with E-state index in [1.54, 1.807) is 6.07 Å². The maximum atomic E-state index is 11.0. The highest BCUT2D eigenvalue weighted by atomic mass is 16.6. The molecule has 0 saturated heterocycles. The molecule has 2 unspecified atom stereocenters. The van der Waals surface area contributed by atoms with Crippen molar-refractivity contribution >= 4 is 11.4 Å². The molecule has 1 saturated carbocycles. The second-order valence-electron chi connectivity index (χ2n) is 5.72. The highest BCUT2D eigenvalue weighted by Crippen LogP contribution is 2.34. The van der Waals surface area contributed by atoms with Crippen molar-refractivity contribution < 1.29 is 10.0 Å². The van der Waals surface area contributed by atoms with Gasteiger partial charge in [0.2, 0.25) is 0 Å². The molecule has 1 aliphatic rings. The molecule has 1 aliphatic carbocycles. The first-order valence-corrected chi connectivity index (χ1v) is 6.69. The Kier molecular flexibility index (Phi) is 3.93. The van der Waals surface area contributed by atoms with Crippen molar-refractivity contribution in [2.45, 2.75) is 39.2 Å². The summed E-state index contributed by atoms with van der Waals surface area (Å²) in [6.07, 6.45) is 3.28. The van der Waals surface area contributed by atoms with Gasteiger partial charge >= 0.3 is 0 Å². The molecule has 0 aromatic heterocycles. The molecule has 2 rings (SSSR count). The molecule has 0 heterocycles. The number of anilines is 1. The first-order chi connectivity index (χ1) is 8.95. The quantitative estimate of drug-likeness (QED) is 0.497. The largest absolute Gasteiger partial charge is 0.508 e. The van der Waals surface area contributed by atoms with E-state index in [1.807, 2.05) is 0 Å². The first kappa shape index (κ1) is 13.6. The van der Waals surface area contributed by atoms with Crippen LogP contribution in [0.1, 0.15) is 33.1 Å². The molecule has 1 aromatic carbocycles. The van der Waals surface area contributed by atoms with Gasteiger partial charge < -0.3 is 10.4 Å². The summed E-state index contributed by atoms with van der Waals surface area (Å²) in [6, 6.07) is 4.52. The van der Waals surface area contributed by atoms with Crippen molar-refractivity contribution in [3.05, 3.63) is 28.3 Å². The lowest BCUT2D eigenvalue weighted by atomic mass is 9.80. The van der Waals surface area contributed by atoms with Crippen molar-refractivity contribution in [2.75, 3.05) is 5.32 Å². The van der Waals surface area contributed by atoms with Gasteiger partial charge in [-0.1, -0.05) is 13.8 Å². The summed E-state index contributed by atoms with van der Waals surface area (Å²) in [5.41, 5.74) is 0.431. The normalized spacial score (nSPS) is 26.9. The number of phenolic OH excluding ortho intramolecular Hbond substituents is 1. The van der Waals surface area contributed by atoms with E-state index in [9.17, 15) is 15.2 Å². The zero-order chi connectivity index (χ0) is 14.0. The van der Waals surface area contributed by atoms with Gasteiger partial charge in [-0.05, 0) is 43.2 Å². The van der Waals surface area contributed by atoms with E-state index in [0.717, 1.165) is 12.8 Å². The fourth-order valence-corrected chi connectivity index (χ4v) is 3.08. The van der Waals surface area contributed by atoms with Gasteiger partial charge in [-0.15, -0.1) is 0 Å². The third-order valence-electron chi connectivity index (χ3n) is 3.72. The van der Waals surface area contributed by atoms with Gasteiger partial charge in [0.05, 0.1) is 11.0 Å². The van der Waals surface area contributed by atoms with Crippen LogP contribution in [-0.2, 0) is 0 Å². The van der Waals surface area contributed by atoms with Gasteiger partial charge in [-0.2, -0.15) is 0 Å². The summed E-state index contributed by atoms with van der Waals surface area (Å²) in [7, 11) is 0. The van der Waals surface area contributed by atoms with Gasteiger partial charge in [0.1, 0.15) is 11.4 Å². The first-order valence-electron chi connectivity index (χ1n) is 6.69. The van der Waals surface area contributed by atoms with Crippen LogP contribution in [0.25, 0.3) is 0 Å². The van der Waals surface area contributed by atoms with E-state index in [4.69, 9.17) is 0 Å². The number of benzene rings is 1. The zero-order valence-electron chi connectivity index (χ0n) is 11.3. The number of hydrogen-bond donors (Lipinski definition) is 2. The molecule has 0 radical (unpaired) electrons. The summed E-state index contributed by atoms with van der Waals surface area (Å²) in [6.45, 7) is 4.44. The lowest BCUT2D eigenvalue weighted by Crippen LogP contribution is -2.30. The minimum Gasteiger partial charge on any atom is -0.508 e. The van der Waals surface area contributed by atoms with Crippen molar-refractivity contribution in [1.82, 2.24) is 0 Å². The van der Waals surface area contributed by atoms with Crippen LogP contribution in [0, 0.1) is 22.0 Å². The summed E-state index contributed by atoms with van der Waals surface area (Å²) in [4.78, 5) is 10.5. The van der Waals surface area contributed by atoms with Gasteiger partial charge in [-0.25, -0.2) is 0 Å². The fraction of sp³-hybridized carbons (Fsp3) is 0.571. The van der Waals surface area contributed by atoms with Crippen molar-refractivity contribution in [3.8, 4) is 5.75 Å². The molecule has 2 N–H and O–H groups in total. The van der Waals surface area contributed by atoms with Crippen LogP contribution >= 0.6 is 0 Å². The molecule has 0 spiro atoms. The number of phenols is 1. The Morgan fingerprint density at radius 3 is 2.47 bits per heavy atom. The van der Waals surface area contributed by atoms with Gasteiger partial charge in [0.25, 0.3) is 5.69 Å². The Labute approximate surface area is 112 Å². The molecule has 104 valence electrons. The van der Waals surface area contributed by atoms with Gasteiger partial charge in [-0.3, -0.25) is 10.1 Å². The monoisotopic (exact) mass is 264 g/mol. The molecule has 5 nitrogen and oxygen atoms in total. The predicted molar refractivity (Wildman–Crippen MR) is 74.4 cm³/mol. The van der Waals surface area contributed by atoms with Crippen LogP contribution in [0.3, 0.4) is 0 Å². The molecule has 19 heavy (non-hydrogen) atoms. The Morgan fingerprint density at radius 2 is 1.89 bits per heavy atom. The van der Waals surface area contributed by atoms with E-state index in [0.29, 0.717) is 17.5 Å². The number of hydrogen-bond acceptors (Lipinski definition) is 4. The molecule has 5 heteroatoms. The van der Waals surface area contributed by atoms with E-state index < -0.39 is 4.92 Å². The van der Waals surface area contributed by atoms with E-state index >= 15 is 0 Å². The summed E-state index contributed by atoms with van der Waals surface area (Å²) < 4.78 is 0. The van der Waals surface area contributed by atoms with Crippen molar-refractivity contribution in [1.29, 1.82) is 0 Å². The molecule has 0 amide bonds. The maximum Gasteiger partial charge on any atom is 0.296 e. The van der Waals surface area contributed by atoms with Crippen molar-refractivity contribution in [2.24, 2.45) is 11.8 Å². The minimum atomic E-state index is -0.461. The number of nitrogens with one attached hydrogen (secondary N) is 1. The van der Waals surface area contributed by atoms with Crippen molar-refractivity contribution in [3.63, 3.8) is 0 Å². The topological polar surface area (TPSA) is 75.4 Å². The Bertz CT molecular complexity index is 466. The Morgan fingerprint density at radius 1 is 1.26 bits per heavy atom. The smallest absolute Gasteiger partial charge is 0.296 e. The average Bonchev–Trinajstić information content (AvgIpc) is 2.30. The molecule has 1 aromatic rings. The third kappa shape index (κ3) is 3.36. The third-order valence-corrected chi connectivity index (χ3v) is 3.72. The summed E-state index contributed by atoms with van der Waals surface area (Å²) in [5, 5.41) is 23.6. The summed E-state index contributed by atoms with van der Waals surface area (Å²) in [5.74, 6) is 1.19. The molecule has 1 fully saturated rings. The van der Waals surface area contributed by atoms with Gasteiger partial charge in [0, 0.05) is 6.04 Å². The molecule has 0 bridgehead atoms. The average molecular weight is 264 g/mol. The molecule has 0 aliphatic heterocycles. The molecule has 2 atom stereocenters. The summed E-state index contributed by atoms with van der Waals surface area (Å²) >= 11 is 0. The fourth-order valence-electron chi connectivity index (χ4n) is 3.08. The second kappa shape index (κ2) is 5.47. The lowest BCUT2D eigenvalue weighted by molar-refractivity contribution is -0.384. The van der Waals surface area contributed by atoms with E-state index in [-0.39, 0.29) is 17.5 Å². The highest BCUT2D eigenvalue weighted by Gasteiger charge is 2.25. The molecular weight excluding hydrogens is 244 g/mol. The van der Waals surface area contributed by atoms with Gasteiger partial charge in [0.15, 0.2) is 0 Å². The highest BCUT2D eigenvalue weighted by molar-refractivity contribution is 5.64. The predicted octanol–water partition coefficient (Wildman–Crippen LogP) is 3.54. The number of nitro groups is 1. The Hall–Kier alpha value is -1.78. The SMILES string of the molecule is CC1CC(C)CC(Nc2ccc(O)cc2[N+](=O)[O-])C1. The Balaban J connectivity index is 2.16. The number of nitro benzene ring substituents is 1. The van der Waals surface area contributed by atoms with Crippen LogP contribution < -0.4 is 5.32 Å². The molecular formula is C14H20N2O3. The lowest BCUT2D eigenvalue weighted by Gasteiger charge is -2.32. The number of nitrogens with zero attached hydrogens (tertiary/aromatic N) is 1. The van der Waals surface area contributed by atoms with Crippen LogP contribution in [0.2, 0.25) is 0 Å². The second-order valence-corrected chi connectivity index (χ2v) is 5.72. The van der Waals surface area contributed by atoms with Crippen LogP contribution in [0.4, 0.5) is 11.4 Å². The van der Waals surface area contributed by atoms with Crippen LogP contribution in [0.5, 0.6) is 5.75 Å². The number of aromatic hydroxyl groups is 1. The van der Waals surface area contributed by atoms with Crippen LogP contribution in [-0.4, -0.2) is 16.1 Å². The maximum absolute atomic E-state index is 11.0. The zero-order valence-corrected chi connectivity index (χ0v) is 11.3. The minimum absolute atomic E-state index is 0.0640. The van der Waals surface area contributed by atoms with E-state index in [1.165, 1.54) is 18.6 Å². The van der Waals surface area contributed by atoms with E-state index in [2.05, 4.69) is 19.2 Å².